The molecule has 0 saturated carbocycles. The number of rotatable bonds is 3. The van der Waals surface area contributed by atoms with Gasteiger partial charge >= 0.3 is 0 Å². The van der Waals surface area contributed by atoms with E-state index in [0.29, 0.717) is 17.9 Å². The molecule has 1 N–H and O–H groups in total. The monoisotopic (exact) mass is 275 g/mol. The van der Waals surface area contributed by atoms with Gasteiger partial charge in [0.05, 0.1) is 5.56 Å². The number of carbonyl (C=O) groups is 1. The van der Waals surface area contributed by atoms with Crippen LogP contribution in [0.3, 0.4) is 0 Å². The average Bonchev–Trinajstić information content (AvgIpc) is 2.33. The fourth-order valence-corrected chi connectivity index (χ4v) is 2.00. The van der Waals surface area contributed by atoms with Crippen molar-refractivity contribution in [3.8, 4) is 0 Å². The van der Waals surface area contributed by atoms with Crippen molar-refractivity contribution < 1.29 is 4.79 Å². The molecule has 0 saturated heterocycles. The Hall–Kier alpha value is -1.94. The SMILES string of the molecule is Cc1ccc(C)c(Nc2nc(C)nc(Cl)c2C=O)c1. The van der Waals surface area contributed by atoms with E-state index in [0.717, 1.165) is 16.8 Å². The first-order valence-electron chi connectivity index (χ1n) is 5.85. The highest BCUT2D eigenvalue weighted by Crippen LogP contribution is 2.25. The lowest BCUT2D eigenvalue weighted by molar-refractivity contribution is 0.112. The molecule has 19 heavy (non-hydrogen) atoms. The van der Waals surface area contributed by atoms with Crippen LogP contribution in [0, 0.1) is 20.8 Å². The number of nitrogens with zero attached hydrogens (tertiary/aromatic N) is 2. The van der Waals surface area contributed by atoms with E-state index in [-0.39, 0.29) is 10.7 Å². The highest BCUT2D eigenvalue weighted by molar-refractivity contribution is 6.32. The maximum absolute atomic E-state index is 11.1. The number of hydrogen-bond acceptors (Lipinski definition) is 4. The van der Waals surface area contributed by atoms with Gasteiger partial charge in [0, 0.05) is 5.69 Å². The Morgan fingerprint density at radius 3 is 2.63 bits per heavy atom. The highest BCUT2D eigenvalue weighted by atomic mass is 35.5. The van der Waals surface area contributed by atoms with Gasteiger partial charge in [0.25, 0.3) is 0 Å². The first-order chi connectivity index (χ1) is 9.01. The van der Waals surface area contributed by atoms with Crippen molar-refractivity contribution in [3.63, 3.8) is 0 Å². The molecule has 0 fully saturated rings. The molecule has 1 heterocycles. The van der Waals surface area contributed by atoms with Gasteiger partial charge < -0.3 is 5.32 Å². The first-order valence-corrected chi connectivity index (χ1v) is 6.22. The fourth-order valence-electron chi connectivity index (χ4n) is 1.74. The Morgan fingerprint density at radius 2 is 1.95 bits per heavy atom. The largest absolute Gasteiger partial charge is 0.339 e. The zero-order valence-electron chi connectivity index (χ0n) is 11.0. The summed E-state index contributed by atoms with van der Waals surface area (Å²) >= 11 is 5.95. The predicted molar refractivity (Wildman–Crippen MR) is 76.4 cm³/mol. The molecular formula is C14H14ClN3O. The Balaban J connectivity index is 2.48. The summed E-state index contributed by atoms with van der Waals surface area (Å²) in [5.41, 5.74) is 3.36. The molecule has 2 aromatic rings. The van der Waals surface area contributed by atoms with E-state index in [1.807, 2.05) is 32.0 Å². The van der Waals surface area contributed by atoms with Crippen LogP contribution in [0.15, 0.2) is 18.2 Å². The number of anilines is 2. The zero-order valence-corrected chi connectivity index (χ0v) is 11.7. The summed E-state index contributed by atoms with van der Waals surface area (Å²) in [7, 11) is 0. The van der Waals surface area contributed by atoms with Crippen LogP contribution in [0.1, 0.15) is 27.3 Å². The molecule has 0 aliphatic rings. The van der Waals surface area contributed by atoms with Gasteiger partial charge in [-0.1, -0.05) is 23.7 Å². The van der Waals surface area contributed by atoms with Crippen molar-refractivity contribution in [1.82, 2.24) is 9.97 Å². The predicted octanol–water partition coefficient (Wildman–Crippen LogP) is 3.61. The molecule has 0 spiro atoms. The third-order valence-electron chi connectivity index (χ3n) is 2.77. The summed E-state index contributed by atoms with van der Waals surface area (Å²) in [5.74, 6) is 0.949. The van der Waals surface area contributed by atoms with Crippen LogP contribution >= 0.6 is 11.6 Å². The van der Waals surface area contributed by atoms with E-state index in [9.17, 15) is 4.79 Å². The summed E-state index contributed by atoms with van der Waals surface area (Å²) in [6.45, 7) is 5.72. The molecule has 1 aromatic carbocycles. The number of aryl methyl sites for hydroxylation is 3. The molecule has 0 amide bonds. The number of nitrogens with one attached hydrogen (secondary N) is 1. The number of hydrogen-bond donors (Lipinski definition) is 1. The Bertz CT molecular complexity index is 641. The third kappa shape index (κ3) is 2.90. The molecule has 1 aromatic heterocycles. The second-order valence-electron chi connectivity index (χ2n) is 4.39. The molecule has 98 valence electrons. The van der Waals surface area contributed by atoms with E-state index in [1.54, 1.807) is 6.92 Å². The third-order valence-corrected chi connectivity index (χ3v) is 3.06. The lowest BCUT2D eigenvalue weighted by Crippen LogP contribution is -2.04. The van der Waals surface area contributed by atoms with Crippen LogP contribution in [0.5, 0.6) is 0 Å². The van der Waals surface area contributed by atoms with Crippen LogP contribution in [0.2, 0.25) is 5.15 Å². The van der Waals surface area contributed by atoms with Crippen LogP contribution in [-0.2, 0) is 0 Å². The van der Waals surface area contributed by atoms with Gasteiger partial charge in [-0.05, 0) is 38.0 Å². The summed E-state index contributed by atoms with van der Waals surface area (Å²) in [6, 6.07) is 6.03. The fraction of sp³-hybridized carbons (Fsp3) is 0.214. The van der Waals surface area contributed by atoms with Gasteiger partial charge in [-0.2, -0.15) is 0 Å². The van der Waals surface area contributed by atoms with Crippen LogP contribution in [0.4, 0.5) is 11.5 Å². The molecule has 0 bridgehead atoms. The molecule has 4 nitrogen and oxygen atoms in total. The number of aldehydes is 1. The van der Waals surface area contributed by atoms with Crippen molar-refractivity contribution in [2.75, 3.05) is 5.32 Å². The normalized spacial score (nSPS) is 10.3. The molecule has 2 rings (SSSR count). The second-order valence-corrected chi connectivity index (χ2v) is 4.74. The van der Waals surface area contributed by atoms with Gasteiger partial charge in [-0.25, -0.2) is 9.97 Å². The number of carbonyl (C=O) groups excluding carboxylic acids is 1. The van der Waals surface area contributed by atoms with E-state index >= 15 is 0 Å². The minimum absolute atomic E-state index is 0.162. The zero-order chi connectivity index (χ0) is 14.0. The lowest BCUT2D eigenvalue weighted by atomic mass is 10.1. The summed E-state index contributed by atoms with van der Waals surface area (Å²) in [4.78, 5) is 19.3. The van der Waals surface area contributed by atoms with Gasteiger partial charge in [-0.15, -0.1) is 0 Å². The molecule has 0 radical (unpaired) electrons. The van der Waals surface area contributed by atoms with Crippen LogP contribution in [0.25, 0.3) is 0 Å². The van der Waals surface area contributed by atoms with E-state index in [2.05, 4.69) is 15.3 Å². The van der Waals surface area contributed by atoms with Crippen molar-refractivity contribution >= 4 is 29.4 Å². The van der Waals surface area contributed by atoms with Crippen molar-refractivity contribution in [2.45, 2.75) is 20.8 Å². The van der Waals surface area contributed by atoms with Crippen LogP contribution in [-0.4, -0.2) is 16.3 Å². The standard InChI is InChI=1S/C14H14ClN3O/c1-8-4-5-9(2)12(6-8)18-14-11(7-19)13(15)16-10(3)17-14/h4-7H,1-3H3,(H,16,17,18). The van der Waals surface area contributed by atoms with Crippen molar-refractivity contribution in [2.24, 2.45) is 0 Å². The second kappa shape index (κ2) is 5.36. The molecule has 5 heteroatoms. The number of halogens is 1. The van der Waals surface area contributed by atoms with Gasteiger partial charge in [0.15, 0.2) is 6.29 Å². The lowest BCUT2D eigenvalue weighted by Gasteiger charge is -2.12. The Labute approximate surface area is 116 Å². The first kappa shape index (κ1) is 13.5. The Morgan fingerprint density at radius 1 is 1.21 bits per heavy atom. The molecule has 0 aliphatic carbocycles. The smallest absolute Gasteiger partial charge is 0.156 e. The maximum atomic E-state index is 11.1. The quantitative estimate of drug-likeness (QED) is 0.687. The molecular weight excluding hydrogens is 262 g/mol. The molecule has 0 atom stereocenters. The van der Waals surface area contributed by atoms with E-state index in [1.165, 1.54) is 0 Å². The summed E-state index contributed by atoms with van der Waals surface area (Å²) < 4.78 is 0. The van der Waals surface area contributed by atoms with Gasteiger partial charge in [0.2, 0.25) is 0 Å². The van der Waals surface area contributed by atoms with Crippen molar-refractivity contribution in [1.29, 1.82) is 0 Å². The van der Waals surface area contributed by atoms with Gasteiger partial charge in [0.1, 0.15) is 16.8 Å². The Kier molecular flexibility index (Phi) is 3.81. The molecule has 0 aliphatic heterocycles. The number of benzene rings is 1. The summed E-state index contributed by atoms with van der Waals surface area (Å²) in [5, 5.41) is 3.31. The minimum Gasteiger partial charge on any atom is -0.339 e. The van der Waals surface area contributed by atoms with E-state index in [4.69, 9.17) is 11.6 Å². The average molecular weight is 276 g/mol. The number of aromatic nitrogens is 2. The molecule has 0 unspecified atom stereocenters. The topological polar surface area (TPSA) is 54.9 Å². The van der Waals surface area contributed by atoms with Crippen molar-refractivity contribution in [3.05, 3.63) is 45.9 Å². The highest BCUT2D eigenvalue weighted by Gasteiger charge is 2.12. The van der Waals surface area contributed by atoms with E-state index < -0.39 is 0 Å². The summed E-state index contributed by atoms with van der Waals surface area (Å²) in [6.07, 6.45) is 0.662. The van der Waals surface area contributed by atoms with Crippen LogP contribution < -0.4 is 5.32 Å². The van der Waals surface area contributed by atoms with Gasteiger partial charge in [-0.3, -0.25) is 4.79 Å². The maximum Gasteiger partial charge on any atom is 0.156 e. The minimum atomic E-state index is 0.162.